The van der Waals surface area contributed by atoms with Crippen LogP contribution in [0.15, 0.2) is 77.9 Å². The fraction of sp³-hybridized carbons (Fsp3) is 0.269. The van der Waals surface area contributed by atoms with Crippen LogP contribution in [0.3, 0.4) is 0 Å². The Kier molecular flexibility index (Phi) is 9.70. The number of aryl methyl sites for hydroxylation is 1. The van der Waals surface area contributed by atoms with Gasteiger partial charge in [0.2, 0.25) is 0 Å². The summed E-state index contributed by atoms with van der Waals surface area (Å²) >= 11 is 0. The van der Waals surface area contributed by atoms with Gasteiger partial charge in [0, 0.05) is 0 Å². The molecule has 4 rings (SSSR count). The Balaban J connectivity index is 0.000000221. The van der Waals surface area contributed by atoms with Crippen molar-refractivity contribution in [3.8, 4) is 0 Å². The molecule has 1 atom stereocenters. The molecule has 0 bridgehead atoms. The second kappa shape index (κ2) is 11.8. The zero-order valence-electron chi connectivity index (χ0n) is 17.2. The largest absolute Gasteiger partial charge is 2.00 e. The van der Waals surface area contributed by atoms with Crippen LogP contribution >= 0.6 is 8.58 Å². The molecule has 2 heteroatoms. The van der Waals surface area contributed by atoms with Crippen molar-refractivity contribution in [1.29, 1.82) is 0 Å². The van der Waals surface area contributed by atoms with Gasteiger partial charge in [-0.3, -0.25) is 6.08 Å². The van der Waals surface area contributed by atoms with Gasteiger partial charge in [-0.1, -0.05) is 69.5 Å². The Morgan fingerprint density at radius 2 is 1.71 bits per heavy atom. The molecule has 28 heavy (non-hydrogen) atoms. The second-order valence-corrected chi connectivity index (χ2v) is 8.46. The summed E-state index contributed by atoms with van der Waals surface area (Å²) in [6.45, 7) is 6.63. The number of rotatable bonds is 5. The molecule has 0 nitrogen and oxygen atoms in total. The van der Waals surface area contributed by atoms with Crippen LogP contribution in [0.4, 0.5) is 0 Å². The van der Waals surface area contributed by atoms with Gasteiger partial charge in [-0.05, 0) is 5.30 Å². The fourth-order valence-electron chi connectivity index (χ4n) is 3.43. The SMILES string of the molecule is CCCCC1=[C-]CC=C1C.Cc1[cH-]c2ccccc2c1Pc1ccccc1.[Zr+2]. The van der Waals surface area contributed by atoms with Crippen molar-refractivity contribution in [1.82, 2.24) is 0 Å². The molecular formula is C26H29PZr. The average Bonchev–Trinajstić information content (AvgIpc) is 3.24. The van der Waals surface area contributed by atoms with E-state index in [1.807, 2.05) is 0 Å². The van der Waals surface area contributed by atoms with E-state index in [1.165, 1.54) is 57.4 Å². The van der Waals surface area contributed by atoms with E-state index in [0.717, 1.165) is 15.0 Å². The topological polar surface area (TPSA) is 0 Å². The molecule has 3 aromatic rings. The number of hydrogen-bond acceptors (Lipinski definition) is 0. The summed E-state index contributed by atoms with van der Waals surface area (Å²) in [5, 5.41) is 5.68. The quantitative estimate of drug-likeness (QED) is 0.290. The summed E-state index contributed by atoms with van der Waals surface area (Å²) in [5.41, 5.74) is 4.32. The molecule has 0 saturated heterocycles. The van der Waals surface area contributed by atoms with Crippen molar-refractivity contribution in [3.05, 3.63) is 89.5 Å². The van der Waals surface area contributed by atoms with Gasteiger partial charge in [-0.25, -0.2) is 11.1 Å². The van der Waals surface area contributed by atoms with Crippen molar-refractivity contribution in [2.75, 3.05) is 0 Å². The number of fused-ring (bicyclic) bond motifs is 1. The molecule has 1 unspecified atom stereocenters. The Bertz CT molecular complexity index is 931. The first-order valence-electron chi connectivity index (χ1n) is 9.93. The van der Waals surface area contributed by atoms with Gasteiger partial charge in [0.05, 0.1) is 0 Å². The molecule has 0 amide bonds. The smallest absolute Gasteiger partial charge is 0.269 e. The van der Waals surface area contributed by atoms with Gasteiger partial charge >= 0.3 is 26.2 Å². The van der Waals surface area contributed by atoms with E-state index in [-0.39, 0.29) is 26.2 Å². The molecule has 142 valence electrons. The molecule has 0 heterocycles. The normalized spacial score (nSPS) is 13.1. The molecule has 0 aromatic heterocycles. The van der Waals surface area contributed by atoms with Crippen LogP contribution in [0.1, 0.15) is 45.1 Å². The van der Waals surface area contributed by atoms with Crippen LogP contribution in [0.25, 0.3) is 10.8 Å². The maximum Gasteiger partial charge on any atom is 2.00 e. The predicted octanol–water partition coefficient (Wildman–Crippen LogP) is 6.75. The minimum atomic E-state index is 0. The molecular weight excluding hydrogens is 434 g/mol. The molecule has 0 fully saturated rings. The van der Waals surface area contributed by atoms with Crippen molar-refractivity contribution < 1.29 is 26.2 Å². The van der Waals surface area contributed by atoms with Crippen LogP contribution < -0.4 is 10.6 Å². The number of hydrogen-bond donors (Lipinski definition) is 0. The molecule has 1 aliphatic rings. The van der Waals surface area contributed by atoms with Gasteiger partial charge < -0.3 is 0 Å². The van der Waals surface area contributed by atoms with Crippen LogP contribution in [0, 0.1) is 13.0 Å². The predicted molar refractivity (Wildman–Crippen MR) is 123 cm³/mol. The van der Waals surface area contributed by atoms with E-state index in [1.54, 1.807) is 0 Å². The first kappa shape index (κ1) is 23.1. The minimum Gasteiger partial charge on any atom is -0.269 e. The summed E-state index contributed by atoms with van der Waals surface area (Å²) in [4.78, 5) is 0. The van der Waals surface area contributed by atoms with E-state index in [4.69, 9.17) is 0 Å². The molecule has 3 aromatic carbocycles. The van der Waals surface area contributed by atoms with Gasteiger partial charge in [0.25, 0.3) is 0 Å². The minimum absolute atomic E-state index is 0. The number of allylic oxidation sites excluding steroid dienone is 4. The first-order chi connectivity index (χ1) is 13.2. The van der Waals surface area contributed by atoms with Crippen molar-refractivity contribution in [2.45, 2.75) is 46.5 Å². The van der Waals surface area contributed by atoms with Crippen LogP contribution in [-0.2, 0) is 26.2 Å². The number of unbranched alkanes of at least 4 members (excludes halogenated alkanes) is 1. The third kappa shape index (κ3) is 6.17. The summed E-state index contributed by atoms with van der Waals surface area (Å²) in [6.07, 6.45) is 10.5. The van der Waals surface area contributed by atoms with Crippen LogP contribution in [0.2, 0.25) is 0 Å². The third-order valence-corrected chi connectivity index (χ3v) is 6.56. The van der Waals surface area contributed by atoms with E-state index < -0.39 is 0 Å². The molecule has 0 N–H and O–H groups in total. The van der Waals surface area contributed by atoms with E-state index in [0.29, 0.717) is 0 Å². The van der Waals surface area contributed by atoms with Crippen molar-refractivity contribution >= 4 is 30.0 Å². The summed E-state index contributed by atoms with van der Waals surface area (Å²) in [6, 6.07) is 21.7. The van der Waals surface area contributed by atoms with Crippen LogP contribution in [-0.4, -0.2) is 0 Å². The Morgan fingerprint density at radius 1 is 1.00 bits per heavy atom. The van der Waals surface area contributed by atoms with Gasteiger partial charge in [-0.2, -0.15) is 6.08 Å². The Labute approximate surface area is 191 Å². The summed E-state index contributed by atoms with van der Waals surface area (Å²) < 4.78 is 0. The fourth-order valence-corrected chi connectivity index (χ4v) is 4.71. The summed E-state index contributed by atoms with van der Waals surface area (Å²) in [7, 11) is 0.754. The molecule has 0 saturated carbocycles. The van der Waals surface area contributed by atoms with Gasteiger partial charge in [-0.15, -0.1) is 67.8 Å². The van der Waals surface area contributed by atoms with E-state index >= 15 is 0 Å². The average molecular weight is 464 g/mol. The Morgan fingerprint density at radius 3 is 2.39 bits per heavy atom. The van der Waals surface area contributed by atoms with Crippen molar-refractivity contribution in [3.63, 3.8) is 0 Å². The monoisotopic (exact) mass is 462 g/mol. The van der Waals surface area contributed by atoms with E-state index in [2.05, 4.69) is 93.6 Å². The first-order valence-corrected chi connectivity index (χ1v) is 10.9. The third-order valence-electron chi connectivity index (χ3n) is 5.02. The maximum absolute atomic E-state index is 3.37. The zero-order chi connectivity index (χ0) is 19.1. The van der Waals surface area contributed by atoms with Crippen LogP contribution in [0.5, 0.6) is 0 Å². The zero-order valence-corrected chi connectivity index (χ0v) is 20.6. The summed E-state index contributed by atoms with van der Waals surface area (Å²) in [5.74, 6) is 0. The maximum atomic E-state index is 3.37. The van der Waals surface area contributed by atoms with Gasteiger partial charge in [0.15, 0.2) is 0 Å². The van der Waals surface area contributed by atoms with Gasteiger partial charge in [0.1, 0.15) is 0 Å². The molecule has 0 aliphatic heterocycles. The van der Waals surface area contributed by atoms with E-state index in [9.17, 15) is 0 Å². The Hall–Kier alpha value is -1.16. The standard InChI is InChI=1S/C16H14P.C10H15.Zr/c1-12-11-13-7-5-6-10-15(13)16(12)17-14-8-3-2-4-9-14;1-3-4-7-10-8-5-6-9(10)2;/h2-11,17H,1H3;6H,3-5,7H2,1-2H3;/q2*-1;+2. The molecule has 0 spiro atoms. The second-order valence-electron chi connectivity index (χ2n) is 7.13. The number of benzene rings is 2. The molecule has 0 radical (unpaired) electrons. The van der Waals surface area contributed by atoms with Crippen molar-refractivity contribution in [2.24, 2.45) is 0 Å². The molecule has 1 aliphatic carbocycles.